The predicted molar refractivity (Wildman–Crippen MR) is 89.0 cm³/mol. The monoisotopic (exact) mass is 328 g/mol. The van der Waals surface area contributed by atoms with Crippen LogP contribution in [0, 0.1) is 5.92 Å². The van der Waals surface area contributed by atoms with Crippen LogP contribution in [0.3, 0.4) is 0 Å². The number of likely N-dealkylation sites (tertiary alicyclic amines) is 1. The SMILES string of the molecule is CCOC(=O)C1CCN(C(=O)/C=C/c2nc3ccccc3o2)CC1. The first-order valence-electron chi connectivity index (χ1n) is 8.16. The molecule has 0 atom stereocenters. The summed E-state index contributed by atoms with van der Waals surface area (Å²) in [6, 6.07) is 7.46. The smallest absolute Gasteiger partial charge is 0.309 e. The lowest BCUT2D eigenvalue weighted by Crippen LogP contribution is -2.39. The molecule has 24 heavy (non-hydrogen) atoms. The lowest BCUT2D eigenvalue weighted by molar-refractivity contribution is -0.150. The van der Waals surface area contributed by atoms with E-state index in [-0.39, 0.29) is 17.8 Å². The molecule has 1 saturated heterocycles. The molecule has 0 N–H and O–H groups in total. The molecule has 126 valence electrons. The lowest BCUT2D eigenvalue weighted by atomic mass is 9.97. The highest BCUT2D eigenvalue weighted by Gasteiger charge is 2.27. The number of oxazole rings is 1. The summed E-state index contributed by atoms with van der Waals surface area (Å²) in [6.07, 6.45) is 4.33. The highest BCUT2D eigenvalue weighted by Crippen LogP contribution is 2.19. The average molecular weight is 328 g/mol. The zero-order chi connectivity index (χ0) is 16.9. The minimum Gasteiger partial charge on any atom is -0.466 e. The van der Waals surface area contributed by atoms with Gasteiger partial charge in [0.1, 0.15) is 5.52 Å². The van der Waals surface area contributed by atoms with Crippen molar-refractivity contribution < 1.29 is 18.7 Å². The number of carbonyl (C=O) groups excluding carboxylic acids is 2. The number of rotatable bonds is 4. The molecule has 6 nitrogen and oxygen atoms in total. The zero-order valence-corrected chi connectivity index (χ0v) is 13.6. The summed E-state index contributed by atoms with van der Waals surface area (Å²) in [5.41, 5.74) is 1.46. The molecule has 1 fully saturated rings. The van der Waals surface area contributed by atoms with E-state index in [4.69, 9.17) is 9.15 Å². The number of hydrogen-bond acceptors (Lipinski definition) is 5. The summed E-state index contributed by atoms with van der Waals surface area (Å²) < 4.78 is 10.6. The predicted octanol–water partition coefficient (Wildman–Crippen LogP) is 2.64. The number of ether oxygens (including phenoxy) is 1. The highest BCUT2D eigenvalue weighted by atomic mass is 16.5. The van der Waals surface area contributed by atoms with E-state index in [0.29, 0.717) is 44.0 Å². The Morgan fingerprint density at radius 3 is 2.79 bits per heavy atom. The lowest BCUT2D eigenvalue weighted by Gasteiger charge is -2.30. The van der Waals surface area contributed by atoms with E-state index in [2.05, 4.69) is 4.98 Å². The van der Waals surface area contributed by atoms with Gasteiger partial charge in [0.2, 0.25) is 11.8 Å². The summed E-state index contributed by atoms with van der Waals surface area (Å²) in [4.78, 5) is 30.0. The van der Waals surface area contributed by atoms with Gasteiger partial charge >= 0.3 is 5.97 Å². The molecule has 1 aromatic carbocycles. The molecule has 0 radical (unpaired) electrons. The quantitative estimate of drug-likeness (QED) is 0.637. The van der Waals surface area contributed by atoms with E-state index in [1.807, 2.05) is 24.3 Å². The number of carbonyl (C=O) groups is 2. The van der Waals surface area contributed by atoms with Gasteiger partial charge < -0.3 is 14.1 Å². The van der Waals surface area contributed by atoms with E-state index in [1.165, 1.54) is 6.08 Å². The van der Waals surface area contributed by atoms with Crippen LogP contribution in [0.25, 0.3) is 17.2 Å². The largest absolute Gasteiger partial charge is 0.466 e. The maximum atomic E-state index is 12.2. The molecule has 0 saturated carbocycles. The number of para-hydroxylation sites is 2. The van der Waals surface area contributed by atoms with Crippen LogP contribution >= 0.6 is 0 Å². The van der Waals surface area contributed by atoms with Gasteiger partial charge in [0, 0.05) is 25.2 Å². The molecule has 0 aliphatic carbocycles. The van der Waals surface area contributed by atoms with Crippen LogP contribution in [0.15, 0.2) is 34.8 Å². The van der Waals surface area contributed by atoms with Crippen molar-refractivity contribution >= 4 is 29.1 Å². The second-order valence-electron chi connectivity index (χ2n) is 5.70. The van der Waals surface area contributed by atoms with Gasteiger partial charge in [-0.25, -0.2) is 4.98 Å². The summed E-state index contributed by atoms with van der Waals surface area (Å²) in [7, 11) is 0. The van der Waals surface area contributed by atoms with Crippen LogP contribution in [-0.4, -0.2) is 41.5 Å². The van der Waals surface area contributed by atoms with Crippen LogP contribution in [0.5, 0.6) is 0 Å². The standard InChI is InChI=1S/C18H20N2O4/c1-2-23-18(22)13-9-11-20(12-10-13)17(21)8-7-16-19-14-5-3-4-6-15(14)24-16/h3-8,13H,2,9-12H2,1H3/b8-7+. The number of esters is 1. The molecular weight excluding hydrogens is 308 g/mol. The van der Waals surface area contributed by atoms with Crippen LogP contribution < -0.4 is 0 Å². The van der Waals surface area contributed by atoms with E-state index in [0.717, 1.165) is 5.52 Å². The first kappa shape index (κ1) is 16.2. The minimum absolute atomic E-state index is 0.0976. The third-order valence-corrected chi connectivity index (χ3v) is 4.11. The fourth-order valence-corrected chi connectivity index (χ4v) is 2.80. The zero-order valence-electron chi connectivity index (χ0n) is 13.6. The van der Waals surface area contributed by atoms with Crippen molar-refractivity contribution in [1.29, 1.82) is 0 Å². The van der Waals surface area contributed by atoms with Gasteiger partial charge in [0.25, 0.3) is 0 Å². The molecule has 2 aromatic rings. The van der Waals surface area contributed by atoms with Gasteiger partial charge in [-0.3, -0.25) is 9.59 Å². The van der Waals surface area contributed by atoms with Crippen molar-refractivity contribution in [2.24, 2.45) is 5.92 Å². The van der Waals surface area contributed by atoms with E-state index >= 15 is 0 Å². The second kappa shape index (κ2) is 7.29. The van der Waals surface area contributed by atoms with Gasteiger partial charge in [-0.05, 0) is 31.9 Å². The van der Waals surface area contributed by atoms with Crippen molar-refractivity contribution in [2.75, 3.05) is 19.7 Å². The number of hydrogen-bond donors (Lipinski definition) is 0. The summed E-state index contributed by atoms with van der Waals surface area (Å²) >= 11 is 0. The molecule has 0 bridgehead atoms. The topological polar surface area (TPSA) is 72.6 Å². The number of nitrogens with zero attached hydrogens (tertiary/aromatic N) is 2. The highest BCUT2D eigenvalue weighted by molar-refractivity contribution is 5.91. The Hall–Kier alpha value is -2.63. The molecule has 0 spiro atoms. The summed E-state index contributed by atoms with van der Waals surface area (Å²) in [5.74, 6) is 0.0483. The maximum absolute atomic E-state index is 12.2. The molecular formula is C18H20N2O4. The van der Waals surface area contributed by atoms with Crippen LogP contribution in [0.1, 0.15) is 25.7 Å². The van der Waals surface area contributed by atoms with Gasteiger partial charge in [-0.2, -0.15) is 0 Å². The molecule has 0 unspecified atom stereocenters. The molecule has 1 amide bonds. The van der Waals surface area contributed by atoms with Crippen molar-refractivity contribution in [3.05, 3.63) is 36.2 Å². The average Bonchev–Trinajstić information content (AvgIpc) is 3.03. The number of benzene rings is 1. The van der Waals surface area contributed by atoms with Crippen LogP contribution in [0.4, 0.5) is 0 Å². The summed E-state index contributed by atoms with van der Waals surface area (Å²) in [5, 5.41) is 0. The van der Waals surface area contributed by atoms with Crippen molar-refractivity contribution in [2.45, 2.75) is 19.8 Å². The van der Waals surface area contributed by atoms with Gasteiger partial charge in [-0.15, -0.1) is 0 Å². The molecule has 1 aromatic heterocycles. The van der Waals surface area contributed by atoms with Gasteiger partial charge in [0.05, 0.1) is 12.5 Å². The fraction of sp³-hybridized carbons (Fsp3) is 0.389. The van der Waals surface area contributed by atoms with Crippen molar-refractivity contribution in [3.63, 3.8) is 0 Å². The second-order valence-corrected chi connectivity index (χ2v) is 5.70. The van der Waals surface area contributed by atoms with Crippen molar-refractivity contribution in [3.8, 4) is 0 Å². The Morgan fingerprint density at radius 2 is 2.08 bits per heavy atom. The first-order valence-corrected chi connectivity index (χ1v) is 8.16. The Labute approximate surface area is 140 Å². The minimum atomic E-state index is -0.161. The molecule has 6 heteroatoms. The normalized spacial score (nSPS) is 16.0. The Kier molecular flexibility index (Phi) is 4.93. The fourth-order valence-electron chi connectivity index (χ4n) is 2.80. The number of fused-ring (bicyclic) bond motifs is 1. The Bertz CT molecular complexity index is 724. The number of piperidine rings is 1. The third-order valence-electron chi connectivity index (χ3n) is 4.11. The molecule has 1 aliphatic rings. The van der Waals surface area contributed by atoms with Gasteiger partial charge in [0.15, 0.2) is 5.58 Å². The van der Waals surface area contributed by atoms with E-state index < -0.39 is 0 Å². The van der Waals surface area contributed by atoms with E-state index in [1.54, 1.807) is 17.9 Å². The Morgan fingerprint density at radius 1 is 1.33 bits per heavy atom. The first-order chi connectivity index (χ1) is 11.7. The van der Waals surface area contributed by atoms with Gasteiger partial charge in [-0.1, -0.05) is 12.1 Å². The molecule has 3 rings (SSSR count). The van der Waals surface area contributed by atoms with Crippen LogP contribution in [-0.2, 0) is 14.3 Å². The molecule has 2 heterocycles. The van der Waals surface area contributed by atoms with E-state index in [9.17, 15) is 9.59 Å². The summed E-state index contributed by atoms with van der Waals surface area (Å²) in [6.45, 7) is 3.30. The third kappa shape index (κ3) is 3.64. The molecule has 1 aliphatic heterocycles. The van der Waals surface area contributed by atoms with Crippen LogP contribution in [0.2, 0.25) is 0 Å². The maximum Gasteiger partial charge on any atom is 0.309 e. The number of aromatic nitrogens is 1. The number of amides is 1. The Balaban J connectivity index is 1.56. The van der Waals surface area contributed by atoms with Crippen molar-refractivity contribution in [1.82, 2.24) is 9.88 Å².